The molecule has 0 radical (unpaired) electrons. The van der Waals surface area contributed by atoms with Gasteiger partial charge < -0.3 is 5.32 Å². The first-order valence-electron chi connectivity index (χ1n) is 4.51. The minimum Gasteiger partial charge on any atom is -0.381 e. The summed E-state index contributed by atoms with van der Waals surface area (Å²) in [5.74, 6) is 2.55. The van der Waals surface area contributed by atoms with Crippen molar-refractivity contribution >= 4 is 51.7 Å². The zero-order valence-corrected chi connectivity index (χ0v) is 10.5. The molecule has 1 heterocycles. The first-order valence-corrected chi connectivity index (χ1v) is 6.00. The highest BCUT2D eigenvalue weighted by molar-refractivity contribution is 7.00. The van der Waals surface area contributed by atoms with Gasteiger partial charge in [0.05, 0.1) is 27.5 Å². The molecule has 0 aliphatic rings. The second-order valence-corrected chi connectivity index (χ2v) is 4.40. The SMILES string of the molecule is C#CCCNc1c(Cl)cc(Cl)c2nsnc12. The van der Waals surface area contributed by atoms with E-state index in [2.05, 4.69) is 20.0 Å². The van der Waals surface area contributed by atoms with Crippen LogP contribution in [0.5, 0.6) is 0 Å². The van der Waals surface area contributed by atoms with Crippen molar-refractivity contribution < 1.29 is 0 Å². The summed E-state index contributed by atoms with van der Waals surface area (Å²) < 4.78 is 8.27. The lowest BCUT2D eigenvalue weighted by molar-refractivity contribution is 1.10. The summed E-state index contributed by atoms with van der Waals surface area (Å²) in [6.07, 6.45) is 5.80. The van der Waals surface area contributed by atoms with Crippen LogP contribution >= 0.6 is 34.9 Å². The minimum absolute atomic E-state index is 0.510. The smallest absolute Gasteiger partial charge is 0.130 e. The number of fused-ring (bicyclic) bond motifs is 1. The molecule has 3 nitrogen and oxygen atoms in total. The number of aromatic nitrogens is 2. The highest BCUT2D eigenvalue weighted by Crippen LogP contribution is 2.34. The first kappa shape index (κ1) is 11.5. The molecule has 1 aromatic carbocycles. The van der Waals surface area contributed by atoms with E-state index in [4.69, 9.17) is 29.6 Å². The van der Waals surface area contributed by atoms with Crippen molar-refractivity contribution in [3.8, 4) is 12.3 Å². The van der Waals surface area contributed by atoms with Crippen molar-refractivity contribution in [2.75, 3.05) is 11.9 Å². The van der Waals surface area contributed by atoms with E-state index >= 15 is 0 Å². The Bertz CT molecular complexity index is 559. The Morgan fingerprint density at radius 2 is 2.06 bits per heavy atom. The van der Waals surface area contributed by atoms with Crippen molar-refractivity contribution in [3.05, 3.63) is 16.1 Å². The van der Waals surface area contributed by atoms with Gasteiger partial charge in [-0.25, -0.2) is 0 Å². The molecule has 16 heavy (non-hydrogen) atoms. The zero-order valence-electron chi connectivity index (χ0n) is 8.13. The van der Waals surface area contributed by atoms with Gasteiger partial charge >= 0.3 is 0 Å². The molecule has 6 heteroatoms. The summed E-state index contributed by atoms with van der Waals surface area (Å²) in [5, 5.41) is 4.18. The van der Waals surface area contributed by atoms with E-state index in [1.54, 1.807) is 6.07 Å². The van der Waals surface area contributed by atoms with Crippen molar-refractivity contribution in [2.45, 2.75) is 6.42 Å². The lowest BCUT2D eigenvalue weighted by Crippen LogP contribution is -2.01. The molecule has 0 aliphatic carbocycles. The van der Waals surface area contributed by atoms with Crippen LogP contribution in [0.4, 0.5) is 5.69 Å². The number of rotatable bonds is 3. The van der Waals surface area contributed by atoms with Crippen LogP contribution in [0.15, 0.2) is 6.07 Å². The van der Waals surface area contributed by atoms with Crippen molar-refractivity contribution in [2.24, 2.45) is 0 Å². The Kier molecular flexibility index (Phi) is 3.49. The Labute approximate surface area is 107 Å². The molecular formula is C10H7Cl2N3S. The van der Waals surface area contributed by atoms with Crippen LogP contribution in [-0.2, 0) is 0 Å². The van der Waals surface area contributed by atoms with Gasteiger partial charge in [-0.15, -0.1) is 12.3 Å². The fourth-order valence-electron chi connectivity index (χ4n) is 1.30. The number of nitrogens with one attached hydrogen (secondary N) is 1. The van der Waals surface area contributed by atoms with E-state index in [0.29, 0.717) is 34.0 Å². The van der Waals surface area contributed by atoms with Crippen LogP contribution in [0, 0.1) is 12.3 Å². The standard InChI is InChI=1S/C10H7Cl2N3S/c1-2-3-4-13-8-6(11)5-7(12)9-10(8)15-16-14-9/h1,5,13H,3-4H2. The minimum atomic E-state index is 0.510. The molecule has 1 aromatic heterocycles. The molecular weight excluding hydrogens is 265 g/mol. The van der Waals surface area contributed by atoms with E-state index in [0.717, 1.165) is 17.4 Å². The van der Waals surface area contributed by atoms with Gasteiger partial charge in [-0.2, -0.15) is 8.75 Å². The number of benzene rings is 1. The maximum absolute atomic E-state index is 6.08. The molecule has 0 saturated heterocycles. The molecule has 0 unspecified atom stereocenters. The summed E-state index contributed by atoms with van der Waals surface area (Å²) in [4.78, 5) is 0. The third kappa shape index (κ3) is 2.07. The largest absolute Gasteiger partial charge is 0.381 e. The predicted octanol–water partition coefficient (Wildman–Crippen LogP) is 3.43. The van der Waals surface area contributed by atoms with Gasteiger partial charge in [-0.05, 0) is 6.07 Å². The zero-order chi connectivity index (χ0) is 11.5. The number of anilines is 1. The molecule has 1 N–H and O–H groups in total. The lowest BCUT2D eigenvalue weighted by Gasteiger charge is -2.07. The average molecular weight is 272 g/mol. The molecule has 82 valence electrons. The van der Waals surface area contributed by atoms with E-state index in [1.807, 2.05) is 0 Å². The molecule has 0 atom stereocenters. The maximum atomic E-state index is 6.08. The van der Waals surface area contributed by atoms with Gasteiger partial charge in [-0.1, -0.05) is 23.2 Å². The summed E-state index contributed by atoms with van der Waals surface area (Å²) in [7, 11) is 0. The number of nitrogens with zero attached hydrogens (tertiary/aromatic N) is 2. The monoisotopic (exact) mass is 271 g/mol. The lowest BCUT2D eigenvalue weighted by atomic mass is 10.2. The number of terminal acetylenes is 1. The maximum Gasteiger partial charge on any atom is 0.130 e. The fraction of sp³-hybridized carbons (Fsp3) is 0.200. The van der Waals surface area contributed by atoms with Crippen molar-refractivity contribution in [3.63, 3.8) is 0 Å². The Morgan fingerprint density at radius 3 is 2.81 bits per heavy atom. The topological polar surface area (TPSA) is 37.8 Å². The van der Waals surface area contributed by atoms with Crippen LogP contribution < -0.4 is 5.32 Å². The van der Waals surface area contributed by atoms with Gasteiger partial charge in [0.2, 0.25) is 0 Å². The van der Waals surface area contributed by atoms with Gasteiger partial charge in [0.15, 0.2) is 0 Å². The third-order valence-electron chi connectivity index (χ3n) is 2.01. The van der Waals surface area contributed by atoms with Crippen LogP contribution in [0.2, 0.25) is 10.0 Å². The Hall–Kier alpha value is -1.02. The number of hydrogen-bond donors (Lipinski definition) is 1. The van der Waals surface area contributed by atoms with Crippen molar-refractivity contribution in [1.82, 2.24) is 8.75 Å². The van der Waals surface area contributed by atoms with Crippen LogP contribution in [-0.4, -0.2) is 15.3 Å². The van der Waals surface area contributed by atoms with E-state index in [1.165, 1.54) is 0 Å². The highest BCUT2D eigenvalue weighted by atomic mass is 35.5. The molecule has 0 saturated carbocycles. The summed E-state index contributed by atoms with van der Waals surface area (Å²) in [6, 6.07) is 1.66. The Balaban J connectivity index is 2.43. The van der Waals surface area contributed by atoms with E-state index < -0.39 is 0 Å². The van der Waals surface area contributed by atoms with Crippen molar-refractivity contribution in [1.29, 1.82) is 0 Å². The first-order chi connectivity index (χ1) is 7.74. The molecule has 2 aromatic rings. The van der Waals surface area contributed by atoms with E-state index in [9.17, 15) is 0 Å². The van der Waals surface area contributed by atoms with Gasteiger partial charge in [0.25, 0.3) is 0 Å². The summed E-state index contributed by atoms with van der Waals surface area (Å²) in [6.45, 7) is 0.643. The predicted molar refractivity (Wildman–Crippen MR) is 69.4 cm³/mol. The van der Waals surface area contributed by atoms with Crippen LogP contribution in [0.1, 0.15) is 6.42 Å². The molecule has 0 amide bonds. The molecule has 0 spiro atoms. The molecule has 0 bridgehead atoms. The second kappa shape index (κ2) is 4.88. The summed E-state index contributed by atoms with van der Waals surface area (Å²) >= 11 is 13.2. The Morgan fingerprint density at radius 1 is 1.31 bits per heavy atom. The quantitative estimate of drug-likeness (QED) is 0.687. The number of hydrogen-bond acceptors (Lipinski definition) is 4. The molecule has 0 fully saturated rings. The van der Waals surface area contributed by atoms with Crippen LogP contribution in [0.25, 0.3) is 11.0 Å². The third-order valence-corrected chi connectivity index (χ3v) is 3.13. The summed E-state index contributed by atoms with van der Waals surface area (Å²) in [5.41, 5.74) is 2.10. The number of halogens is 2. The van der Waals surface area contributed by atoms with Gasteiger partial charge in [0, 0.05) is 13.0 Å². The normalized spacial score (nSPS) is 10.3. The molecule has 0 aliphatic heterocycles. The van der Waals surface area contributed by atoms with Gasteiger partial charge in [-0.3, -0.25) is 0 Å². The molecule has 2 rings (SSSR count). The van der Waals surface area contributed by atoms with E-state index in [-0.39, 0.29) is 0 Å². The van der Waals surface area contributed by atoms with Gasteiger partial charge in [0.1, 0.15) is 11.0 Å². The fourth-order valence-corrected chi connectivity index (χ4v) is 2.48. The van der Waals surface area contributed by atoms with Crippen LogP contribution in [0.3, 0.4) is 0 Å². The highest BCUT2D eigenvalue weighted by Gasteiger charge is 2.13. The average Bonchev–Trinajstić information content (AvgIpc) is 2.72. The second-order valence-electron chi connectivity index (χ2n) is 3.06.